The molecule has 2 aromatic rings. The van der Waals surface area contributed by atoms with Gasteiger partial charge < -0.3 is 14.4 Å². The molecule has 1 aromatic heterocycles. The third-order valence-electron chi connectivity index (χ3n) is 3.35. The zero-order chi connectivity index (χ0) is 16.3. The van der Waals surface area contributed by atoms with Gasteiger partial charge in [0, 0.05) is 17.8 Å². The zero-order valence-electron chi connectivity index (χ0n) is 12.3. The molecule has 1 N–H and O–H groups in total. The molecule has 116 valence electrons. The van der Waals surface area contributed by atoms with Crippen LogP contribution in [0.1, 0.15) is 28.7 Å². The summed E-state index contributed by atoms with van der Waals surface area (Å²) in [6.07, 6.45) is -0.177. The number of carbonyl (C=O) groups excluding carboxylic acids is 1. The van der Waals surface area contributed by atoms with Crippen LogP contribution in [0.25, 0.3) is 0 Å². The van der Waals surface area contributed by atoms with Gasteiger partial charge in [0.2, 0.25) is 5.78 Å². The number of methoxy groups -OCH3 is 1. The van der Waals surface area contributed by atoms with Crippen LogP contribution in [0.3, 0.4) is 0 Å². The summed E-state index contributed by atoms with van der Waals surface area (Å²) in [7, 11) is 1.55. The Hall–Kier alpha value is -2.27. The minimum absolute atomic E-state index is 0.177. The van der Waals surface area contributed by atoms with Gasteiger partial charge in [0.05, 0.1) is 18.6 Å². The molecule has 0 spiro atoms. The number of aromatic nitrogens is 1. The van der Waals surface area contributed by atoms with Crippen molar-refractivity contribution in [1.29, 1.82) is 0 Å². The Kier molecular flexibility index (Phi) is 4.88. The van der Waals surface area contributed by atoms with Gasteiger partial charge in [-0.3, -0.25) is 9.59 Å². The molecule has 0 saturated heterocycles. The van der Waals surface area contributed by atoms with E-state index in [1.54, 1.807) is 35.9 Å². The average Bonchev–Trinajstić information content (AvgIpc) is 2.81. The summed E-state index contributed by atoms with van der Waals surface area (Å²) in [6, 6.07) is 8.23. The molecular weight excluding hydrogens is 306 g/mol. The van der Waals surface area contributed by atoms with Crippen molar-refractivity contribution in [3.8, 4) is 5.75 Å². The Morgan fingerprint density at radius 1 is 1.27 bits per heavy atom. The van der Waals surface area contributed by atoms with Crippen LogP contribution in [0.15, 0.2) is 30.3 Å². The monoisotopic (exact) mass is 321 g/mol. The quantitative estimate of drug-likeness (QED) is 0.830. The lowest BCUT2D eigenvalue weighted by atomic mass is 10.1. The molecule has 0 aliphatic heterocycles. The van der Waals surface area contributed by atoms with Crippen LogP contribution in [-0.4, -0.2) is 28.5 Å². The molecule has 0 amide bonds. The Balaban J connectivity index is 2.43. The molecule has 0 fully saturated rings. The smallest absolute Gasteiger partial charge is 0.309 e. The topological polar surface area (TPSA) is 68.5 Å². The largest absolute Gasteiger partial charge is 0.497 e. The van der Waals surface area contributed by atoms with Gasteiger partial charge in [-0.1, -0.05) is 11.6 Å². The van der Waals surface area contributed by atoms with Gasteiger partial charge in [0.1, 0.15) is 11.4 Å². The predicted molar refractivity (Wildman–Crippen MR) is 82.9 cm³/mol. The Labute approximate surface area is 133 Å². The van der Waals surface area contributed by atoms with Crippen molar-refractivity contribution >= 4 is 23.4 Å². The van der Waals surface area contributed by atoms with Crippen LogP contribution >= 0.6 is 11.6 Å². The van der Waals surface area contributed by atoms with E-state index in [9.17, 15) is 9.59 Å². The number of benzene rings is 1. The van der Waals surface area contributed by atoms with Crippen molar-refractivity contribution < 1.29 is 19.4 Å². The van der Waals surface area contributed by atoms with Crippen molar-refractivity contribution in [1.82, 2.24) is 4.57 Å². The highest BCUT2D eigenvalue weighted by Gasteiger charge is 2.21. The number of hydrogen-bond donors (Lipinski definition) is 1. The van der Waals surface area contributed by atoms with E-state index in [1.165, 1.54) is 6.07 Å². The molecule has 0 unspecified atom stereocenters. The number of ketones is 1. The second kappa shape index (κ2) is 6.66. The summed E-state index contributed by atoms with van der Waals surface area (Å²) in [4.78, 5) is 23.6. The van der Waals surface area contributed by atoms with Gasteiger partial charge in [-0.05, 0) is 37.3 Å². The molecule has 0 bridgehead atoms. The lowest BCUT2D eigenvalue weighted by Crippen LogP contribution is -2.14. The fourth-order valence-electron chi connectivity index (χ4n) is 2.34. The van der Waals surface area contributed by atoms with Crippen LogP contribution in [-0.2, 0) is 17.8 Å². The van der Waals surface area contributed by atoms with Crippen molar-refractivity contribution in [3.63, 3.8) is 0 Å². The van der Waals surface area contributed by atoms with Gasteiger partial charge in [0.15, 0.2) is 0 Å². The molecular formula is C16H16ClNO4. The molecule has 0 radical (unpaired) electrons. The summed E-state index contributed by atoms with van der Waals surface area (Å²) >= 11 is 6.16. The first kappa shape index (κ1) is 16.1. The maximum atomic E-state index is 12.7. The second-order valence-electron chi connectivity index (χ2n) is 4.70. The van der Waals surface area contributed by atoms with Crippen molar-refractivity contribution in [2.45, 2.75) is 19.9 Å². The van der Waals surface area contributed by atoms with Gasteiger partial charge >= 0.3 is 5.97 Å². The van der Waals surface area contributed by atoms with E-state index in [0.29, 0.717) is 29.2 Å². The van der Waals surface area contributed by atoms with Crippen LogP contribution in [0.2, 0.25) is 5.02 Å². The van der Waals surface area contributed by atoms with E-state index < -0.39 is 5.97 Å². The second-order valence-corrected chi connectivity index (χ2v) is 5.11. The first-order chi connectivity index (χ1) is 10.5. The minimum atomic E-state index is -0.965. The molecule has 6 heteroatoms. The minimum Gasteiger partial charge on any atom is -0.497 e. The molecule has 1 aromatic carbocycles. The Morgan fingerprint density at radius 2 is 1.91 bits per heavy atom. The molecule has 0 saturated carbocycles. The molecule has 5 nitrogen and oxygen atoms in total. The molecule has 0 aliphatic rings. The van der Waals surface area contributed by atoms with Crippen LogP contribution < -0.4 is 4.74 Å². The first-order valence-electron chi connectivity index (χ1n) is 6.76. The predicted octanol–water partition coefficient (Wildman–Crippen LogP) is 3.03. The number of aliphatic carboxylic acids is 1. The highest BCUT2D eigenvalue weighted by molar-refractivity contribution is 6.34. The number of carboxylic acid groups (broad SMARTS) is 1. The van der Waals surface area contributed by atoms with E-state index in [2.05, 4.69) is 0 Å². The number of rotatable bonds is 6. The fraction of sp³-hybridized carbons (Fsp3) is 0.250. The highest BCUT2D eigenvalue weighted by atomic mass is 35.5. The number of nitrogens with zero attached hydrogens (tertiary/aromatic N) is 1. The molecule has 1 heterocycles. The summed E-state index contributed by atoms with van der Waals surface area (Å²) in [5, 5.41) is 9.21. The average molecular weight is 322 g/mol. The summed E-state index contributed by atoms with van der Waals surface area (Å²) in [6.45, 7) is 2.30. The number of carboxylic acids is 1. The van der Waals surface area contributed by atoms with E-state index in [-0.39, 0.29) is 17.2 Å². The molecule has 2 rings (SSSR count). The number of halogens is 1. The molecule has 22 heavy (non-hydrogen) atoms. The maximum Gasteiger partial charge on any atom is 0.309 e. The fourth-order valence-corrected chi connectivity index (χ4v) is 2.65. The van der Waals surface area contributed by atoms with E-state index in [0.717, 1.165) is 0 Å². The highest BCUT2D eigenvalue weighted by Crippen LogP contribution is 2.25. The number of hydrogen-bond acceptors (Lipinski definition) is 3. The summed E-state index contributed by atoms with van der Waals surface area (Å²) < 4.78 is 6.71. The molecule has 0 atom stereocenters. The van der Waals surface area contributed by atoms with Gasteiger partial charge in [-0.2, -0.15) is 0 Å². The summed E-state index contributed by atoms with van der Waals surface area (Å²) in [5.74, 6) is -0.557. The van der Waals surface area contributed by atoms with E-state index in [1.807, 2.05) is 6.92 Å². The van der Waals surface area contributed by atoms with Crippen LogP contribution in [0.5, 0.6) is 5.75 Å². The first-order valence-corrected chi connectivity index (χ1v) is 7.14. The summed E-state index contributed by atoms with van der Waals surface area (Å²) in [5.41, 5.74) is 1.29. The standard InChI is InChI=1S/C16H16ClNO4/c1-3-18-11(9-14(19)20)8-13(17)15(18)16(21)10-4-6-12(22-2)7-5-10/h4-8H,3,9H2,1-2H3,(H,19,20). The number of carbonyl (C=O) groups is 2. The normalized spacial score (nSPS) is 10.5. The van der Waals surface area contributed by atoms with E-state index in [4.69, 9.17) is 21.4 Å². The zero-order valence-corrected chi connectivity index (χ0v) is 13.1. The third-order valence-corrected chi connectivity index (χ3v) is 3.64. The van der Waals surface area contributed by atoms with Crippen molar-refractivity contribution in [2.75, 3.05) is 7.11 Å². The van der Waals surface area contributed by atoms with Gasteiger partial charge in [-0.25, -0.2) is 0 Å². The maximum absolute atomic E-state index is 12.7. The van der Waals surface area contributed by atoms with Crippen LogP contribution in [0.4, 0.5) is 0 Å². The van der Waals surface area contributed by atoms with Gasteiger partial charge in [0.25, 0.3) is 0 Å². The van der Waals surface area contributed by atoms with Crippen molar-refractivity contribution in [2.24, 2.45) is 0 Å². The van der Waals surface area contributed by atoms with E-state index >= 15 is 0 Å². The van der Waals surface area contributed by atoms with Crippen LogP contribution in [0, 0.1) is 0 Å². The van der Waals surface area contributed by atoms with Gasteiger partial charge in [-0.15, -0.1) is 0 Å². The molecule has 0 aliphatic carbocycles. The lowest BCUT2D eigenvalue weighted by molar-refractivity contribution is -0.136. The third kappa shape index (κ3) is 3.14. The Bertz CT molecular complexity index is 704. The SMILES string of the molecule is CCn1c(CC(=O)O)cc(Cl)c1C(=O)c1ccc(OC)cc1. The number of ether oxygens (including phenoxy) is 1. The van der Waals surface area contributed by atoms with Crippen molar-refractivity contribution in [3.05, 3.63) is 52.3 Å². The lowest BCUT2D eigenvalue weighted by Gasteiger charge is -2.10. The Morgan fingerprint density at radius 3 is 2.41 bits per heavy atom.